The molecule has 0 saturated carbocycles. The predicted octanol–water partition coefficient (Wildman–Crippen LogP) is 0.716. The van der Waals surface area contributed by atoms with Crippen LogP contribution in [0.25, 0.3) is 0 Å². The molecule has 0 bridgehead atoms. The van der Waals surface area contributed by atoms with E-state index in [9.17, 15) is 14.4 Å². The first-order chi connectivity index (χ1) is 7.54. The van der Waals surface area contributed by atoms with Gasteiger partial charge in [0.25, 0.3) is 0 Å². The first-order valence-electron chi connectivity index (χ1n) is 4.66. The number of hydrogen-bond donors (Lipinski definition) is 1. The van der Waals surface area contributed by atoms with Gasteiger partial charge in [0.1, 0.15) is 6.29 Å². The molecule has 16 heavy (non-hydrogen) atoms. The molecule has 82 valence electrons. The van der Waals surface area contributed by atoms with Gasteiger partial charge in [0, 0.05) is 18.3 Å². The van der Waals surface area contributed by atoms with Crippen molar-refractivity contribution in [3.63, 3.8) is 0 Å². The Balaban J connectivity index is 2.67. The molecule has 5 nitrogen and oxygen atoms in total. The maximum atomic E-state index is 11.4. The smallest absolute Gasteiger partial charge is 0.335 e. The van der Waals surface area contributed by atoms with Gasteiger partial charge in [-0.2, -0.15) is 0 Å². The lowest BCUT2D eigenvalue weighted by Gasteiger charge is -2.11. The van der Waals surface area contributed by atoms with Crippen LogP contribution >= 0.6 is 0 Å². The predicted molar refractivity (Wildman–Crippen MR) is 55.9 cm³/mol. The van der Waals surface area contributed by atoms with E-state index in [2.05, 4.69) is 0 Å². The molecule has 0 aliphatic carbocycles. The largest absolute Gasteiger partial charge is 0.478 e. The number of carboxylic acid groups (broad SMARTS) is 1. The minimum absolute atomic E-state index is 0.0161. The zero-order valence-electron chi connectivity index (χ0n) is 8.56. The van der Waals surface area contributed by atoms with Crippen molar-refractivity contribution in [3.8, 4) is 0 Å². The summed E-state index contributed by atoms with van der Waals surface area (Å²) in [7, 11) is 1.56. The second-order valence-corrected chi connectivity index (χ2v) is 3.62. The third-order valence-electron chi connectivity index (χ3n) is 2.70. The number of aromatic carboxylic acids is 1. The summed E-state index contributed by atoms with van der Waals surface area (Å²) in [4.78, 5) is 34.5. The van der Waals surface area contributed by atoms with Crippen molar-refractivity contribution in [3.05, 3.63) is 28.8 Å². The molecular formula is C11H9NO4. The van der Waals surface area contributed by atoms with Crippen molar-refractivity contribution in [1.29, 1.82) is 0 Å². The van der Waals surface area contributed by atoms with E-state index in [-0.39, 0.29) is 23.5 Å². The van der Waals surface area contributed by atoms with Crippen molar-refractivity contribution >= 4 is 23.9 Å². The van der Waals surface area contributed by atoms with Crippen molar-refractivity contribution < 1.29 is 19.5 Å². The van der Waals surface area contributed by atoms with Gasteiger partial charge in [-0.1, -0.05) is 0 Å². The van der Waals surface area contributed by atoms with Crippen LogP contribution in [0.3, 0.4) is 0 Å². The number of benzene rings is 1. The number of carbonyl (C=O) groups excluding carboxylic acids is 2. The van der Waals surface area contributed by atoms with Gasteiger partial charge in [-0.3, -0.25) is 9.59 Å². The molecule has 1 heterocycles. The molecule has 0 fully saturated rings. The lowest BCUT2D eigenvalue weighted by Crippen LogP contribution is -2.20. The van der Waals surface area contributed by atoms with Gasteiger partial charge in [0.15, 0.2) is 0 Å². The third kappa shape index (κ3) is 1.37. The van der Waals surface area contributed by atoms with Crippen LogP contribution in [0.5, 0.6) is 0 Å². The Labute approximate surface area is 91.3 Å². The number of hydrogen-bond acceptors (Lipinski definition) is 3. The number of carbonyl (C=O) groups is 3. The summed E-state index contributed by atoms with van der Waals surface area (Å²) in [6.07, 6.45) is 0.734. The zero-order chi connectivity index (χ0) is 11.9. The molecule has 0 atom stereocenters. The van der Waals surface area contributed by atoms with Crippen LogP contribution in [-0.2, 0) is 11.2 Å². The van der Waals surface area contributed by atoms with Crippen molar-refractivity contribution in [2.45, 2.75) is 6.42 Å². The van der Waals surface area contributed by atoms with Gasteiger partial charge in [-0.05, 0) is 17.7 Å². The molecule has 1 aliphatic heterocycles. The number of aldehydes is 1. The summed E-state index contributed by atoms with van der Waals surface area (Å²) in [5.41, 5.74) is 1.40. The van der Waals surface area contributed by atoms with Gasteiger partial charge in [0.05, 0.1) is 12.0 Å². The maximum Gasteiger partial charge on any atom is 0.335 e. The van der Waals surface area contributed by atoms with E-state index in [1.165, 1.54) is 17.0 Å². The minimum Gasteiger partial charge on any atom is -0.478 e. The monoisotopic (exact) mass is 219 g/mol. The molecular weight excluding hydrogens is 210 g/mol. The minimum atomic E-state index is -1.11. The Kier molecular flexibility index (Phi) is 2.23. The molecule has 1 aromatic carbocycles. The molecule has 0 aromatic heterocycles. The van der Waals surface area contributed by atoms with Crippen LogP contribution in [0.1, 0.15) is 26.3 Å². The van der Waals surface area contributed by atoms with Crippen LogP contribution < -0.4 is 4.90 Å². The Morgan fingerprint density at radius 2 is 2.19 bits per heavy atom. The maximum absolute atomic E-state index is 11.4. The van der Waals surface area contributed by atoms with E-state index in [0.717, 1.165) is 0 Å². The topological polar surface area (TPSA) is 74.7 Å². The molecule has 2 rings (SSSR count). The number of nitrogens with zero attached hydrogens (tertiary/aromatic N) is 1. The normalized spacial score (nSPS) is 13.8. The molecule has 0 spiro atoms. The SMILES string of the molecule is CN1C(=O)Cc2c(C=O)cc(C(=O)O)cc21. The first-order valence-corrected chi connectivity index (χ1v) is 4.66. The van der Waals surface area contributed by atoms with Crippen molar-refractivity contribution in [2.24, 2.45) is 0 Å². The van der Waals surface area contributed by atoms with E-state index < -0.39 is 5.97 Å². The molecule has 1 amide bonds. The zero-order valence-corrected chi connectivity index (χ0v) is 8.56. The summed E-state index contributed by atoms with van der Waals surface area (Å²) in [6, 6.07) is 2.70. The molecule has 1 aliphatic rings. The third-order valence-corrected chi connectivity index (χ3v) is 2.70. The van der Waals surface area contributed by atoms with Gasteiger partial charge in [-0.15, -0.1) is 0 Å². The Morgan fingerprint density at radius 1 is 1.50 bits per heavy atom. The quantitative estimate of drug-likeness (QED) is 0.743. The number of rotatable bonds is 2. The fraction of sp³-hybridized carbons (Fsp3) is 0.182. The van der Waals surface area contributed by atoms with E-state index in [1.807, 2.05) is 0 Å². The number of carboxylic acids is 1. The second kappa shape index (κ2) is 3.44. The van der Waals surface area contributed by atoms with E-state index in [1.54, 1.807) is 7.05 Å². The molecule has 0 radical (unpaired) electrons. The van der Waals surface area contributed by atoms with E-state index >= 15 is 0 Å². The number of anilines is 1. The van der Waals surface area contributed by atoms with Crippen molar-refractivity contribution in [2.75, 3.05) is 11.9 Å². The molecule has 0 saturated heterocycles. The van der Waals surface area contributed by atoms with Gasteiger partial charge < -0.3 is 10.0 Å². The lowest BCUT2D eigenvalue weighted by atomic mass is 10.0. The van der Waals surface area contributed by atoms with Crippen LogP contribution in [0, 0.1) is 0 Å². The fourth-order valence-electron chi connectivity index (χ4n) is 1.80. The Bertz CT molecular complexity index is 507. The second-order valence-electron chi connectivity index (χ2n) is 3.62. The summed E-state index contributed by atoms with van der Waals surface area (Å²) in [5.74, 6) is -1.25. The van der Waals surface area contributed by atoms with E-state index in [4.69, 9.17) is 5.11 Å². The first kappa shape index (κ1) is 10.4. The van der Waals surface area contributed by atoms with Gasteiger partial charge in [-0.25, -0.2) is 4.79 Å². The Hall–Kier alpha value is -2.17. The summed E-state index contributed by atoms with van der Waals surface area (Å²) < 4.78 is 0. The van der Waals surface area contributed by atoms with Crippen molar-refractivity contribution in [1.82, 2.24) is 0 Å². The number of likely N-dealkylation sites (N-methyl/N-ethyl adjacent to an activating group) is 1. The summed E-state index contributed by atoms with van der Waals surface area (Å²) in [5, 5.41) is 8.87. The average Bonchev–Trinajstić information content (AvgIpc) is 2.54. The number of amides is 1. The molecule has 0 unspecified atom stereocenters. The van der Waals surface area contributed by atoms with Gasteiger partial charge >= 0.3 is 5.97 Å². The number of fused-ring (bicyclic) bond motifs is 1. The standard InChI is InChI=1S/C11H9NO4/c1-12-9-3-6(11(15)16)2-7(5-13)8(9)4-10(12)14/h2-3,5H,4H2,1H3,(H,15,16). The van der Waals surface area contributed by atoms with Crippen LogP contribution in [0.4, 0.5) is 5.69 Å². The molecule has 1 aromatic rings. The molecule has 1 N–H and O–H groups in total. The fourth-order valence-corrected chi connectivity index (χ4v) is 1.80. The highest BCUT2D eigenvalue weighted by Crippen LogP contribution is 2.31. The highest BCUT2D eigenvalue weighted by atomic mass is 16.4. The highest BCUT2D eigenvalue weighted by molar-refractivity contribution is 6.05. The highest BCUT2D eigenvalue weighted by Gasteiger charge is 2.27. The molecule has 5 heteroatoms. The van der Waals surface area contributed by atoms with Gasteiger partial charge in [0.2, 0.25) is 5.91 Å². The summed E-state index contributed by atoms with van der Waals surface area (Å²) in [6.45, 7) is 0. The lowest BCUT2D eigenvalue weighted by molar-refractivity contribution is -0.117. The van der Waals surface area contributed by atoms with E-state index in [0.29, 0.717) is 17.5 Å². The van der Waals surface area contributed by atoms with Crippen LogP contribution in [0.15, 0.2) is 12.1 Å². The summed E-state index contributed by atoms with van der Waals surface area (Å²) >= 11 is 0. The van der Waals surface area contributed by atoms with Crippen LogP contribution in [0.2, 0.25) is 0 Å². The average molecular weight is 219 g/mol. The Morgan fingerprint density at radius 3 is 2.75 bits per heavy atom. The van der Waals surface area contributed by atoms with Crippen LogP contribution in [-0.4, -0.2) is 30.3 Å².